The summed E-state index contributed by atoms with van der Waals surface area (Å²) in [6, 6.07) is 46.0. The van der Waals surface area contributed by atoms with Crippen LogP contribution in [0.2, 0.25) is 0 Å². The zero-order valence-electron chi connectivity index (χ0n) is 19.8. The van der Waals surface area contributed by atoms with Crippen LogP contribution in [-0.4, -0.2) is 12.5 Å². The van der Waals surface area contributed by atoms with Gasteiger partial charge in [0.2, 0.25) is 0 Å². The molecule has 0 aromatic heterocycles. The summed E-state index contributed by atoms with van der Waals surface area (Å²) in [4.78, 5) is 0. The van der Waals surface area contributed by atoms with Crippen molar-refractivity contribution in [1.29, 1.82) is 0 Å². The van der Waals surface area contributed by atoms with E-state index in [0.717, 1.165) is 6.42 Å². The van der Waals surface area contributed by atoms with Crippen LogP contribution in [0.15, 0.2) is 127 Å². The quantitative estimate of drug-likeness (QED) is 0.300. The lowest BCUT2D eigenvalue weighted by Gasteiger charge is -2.44. The Kier molecular flexibility index (Phi) is 5.82. The first-order valence-corrected chi connectivity index (χ1v) is 13.4. The van der Waals surface area contributed by atoms with Gasteiger partial charge in [-0.05, 0) is 45.3 Å². The van der Waals surface area contributed by atoms with Crippen molar-refractivity contribution >= 4 is 41.0 Å². The number of fused-ring (bicyclic) bond motifs is 2. The van der Waals surface area contributed by atoms with Gasteiger partial charge < -0.3 is 4.74 Å². The van der Waals surface area contributed by atoms with Crippen LogP contribution in [0.1, 0.15) is 12.0 Å². The fraction of sp³-hybridized carbons (Fsp3) is 0.0909. The van der Waals surface area contributed by atoms with Crippen LogP contribution < -0.4 is 21.0 Å². The van der Waals surface area contributed by atoms with Crippen molar-refractivity contribution in [3.63, 3.8) is 0 Å². The minimum absolute atomic E-state index is 0.517. The van der Waals surface area contributed by atoms with E-state index in [0.29, 0.717) is 0 Å². The second kappa shape index (κ2) is 9.27. The third kappa shape index (κ3) is 3.73. The topological polar surface area (TPSA) is 9.23 Å². The Bertz CT molecular complexity index is 1560. The number of methoxy groups -OCH3 is 1. The first-order valence-electron chi connectivity index (χ1n) is 12.1. The maximum absolute atomic E-state index is 6.78. The summed E-state index contributed by atoms with van der Waals surface area (Å²) in [6.45, 7) is 0. The van der Waals surface area contributed by atoms with Crippen LogP contribution in [0.5, 0.6) is 0 Å². The standard InChI is InChI=1S/C33H27OP/c1-34-33(35(27-16-4-2-5-17-27)28-18-6-3-7-19-28)24-23-26-14-9-11-21-30(26)32(33)31-22-12-15-25-13-8-10-20-29(25)31/h2-23H,24H2,1H3. The average Bonchev–Trinajstić information content (AvgIpc) is 2.94. The zero-order valence-corrected chi connectivity index (χ0v) is 20.7. The van der Waals surface area contributed by atoms with Gasteiger partial charge in [0.15, 0.2) is 0 Å². The Morgan fingerprint density at radius 2 is 1.23 bits per heavy atom. The molecule has 2 heteroatoms. The molecule has 0 saturated carbocycles. The lowest BCUT2D eigenvalue weighted by atomic mass is 9.87. The van der Waals surface area contributed by atoms with Crippen molar-refractivity contribution in [2.45, 2.75) is 11.8 Å². The van der Waals surface area contributed by atoms with Crippen molar-refractivity contribution in [2.24, 2.45) is 0 Å². The molecule has 0 saturated heterocycles. The van der Waals surface area contributed by atoms with E-state index in [9.17, 15) is 0 Å². The second-order valence-corrected chi connectivity index (χ2v) is 11.3. The van der Waals surface area contributed by atoms with Crippen molar-refractivity contribution in [1.82, 2.24) is 0 Å². The molecule has 5 aromatic rings. The highest BCUT2D eigenvalue weighted by molar-refractivity contribution is 7.74. The van der Waals surface area contributed by atoms with Gasteiger partial charge in [0.05, 0.1) is 0 Å². The maximum atomic E-state index is 6.78. The summed E-state index contributed by atoms with van der Waals surface area (Å²) < 4.78 is 6.78. The predicted molar refractivity (Wildman–Crippen MR) is 150 cm³/mol. The zero-order chi connectivity index (χ0) is 23.7. The largest absolute Gasteiger partial charge is 0.368 e. The van der Waals surface area contributed by atoms with Crippen LogP contribution in [0.3, 0.4) is 0 Å². The lowest BCUT2D eigenvalue weighted by molar-refractivity contribution is 0.120. The minimum atomic E-state index is -0.887. The summed E-state index contributed by atoms with van der Waals surface area (Å²) in [7, 11) is 1.01. The smallest absolute Gasteiger partial charge is 0.124 e. The Balaban J connectivity index is 1.75. The van der Waals surface area contributed by atoms with Crippen LogP contribution in [0, 0.1) is 0 Å². The predicted octanol–water partition coefficient (Wildman–Crippen LogP) is 5.70. The van der Waals surface area contributed by atoms with Gasteiger partial charge in [-0.1, -0.05) is 133 Å². The molecule has 170 valence electrons. The molecule has 0 radical (unpaired) electrons. The number of ether oxygens (including phenoxy) is 1. The SMILES string of the molecule is COC1(P(c2ccccc2)c2ccccc2)CC=c2ccccc2=C1c1cccc2ccccc12. The molecule has 1 aliphatic carbocycles. The van der Waals surface area contributed by atoms with Gasteiger partial charge in [0, 0.05) is 19.1 Å². The maximum Gasteiger partial charge on any atom is 0.124 e. The Hall–Kier alpha value is -3.51. The van der Waals surface area contributed by atoms with Crippen molar-refractivity contribution in [3.05, 3.63) is 143 Å². The number of benzene rings is 5. The molecular formula is C33H27OP. The fourth-order valence-corrected chi connectivity index (χ4v) is 8.46. The molecular weight excluding hydrogens is 443 g/mol. The highest BCUT2D eigenvalue weighted by atomic mass is 31.1. The van der Waals surface area contributed by atoms with E-state index < -0.39 is 13.3 Å². The van der Waals surface area contributed by atoms with E-state index in [4.69, 9.17) is 4.74 Å². The van der Waals surface area contributed by atoms with Gasteiger partial charge in [-0.3, -0.25) is 0 Å². The molecule has 1 atom stereocenters. The molecule has 0 fully saturated rings. The molecule has 0 N–H and O–H groups in total. The van der Waals surface area contributed by atoms with Gasteiger partial charge in [0.25, 0.3) is 0 Å². The molecule has 0 spiro atoms. The molecule has 6 rings (SSSR count). The molecule has 1 unspecified atom stereocenters. The van der Waals surface area contributed by atoms with Crippen LogP contribution in [0.4, 0.5) is 0 Å². The van der Waals surface area contributed by atoms with Gasteiger partial charge in [0.1, 0.15) is 5.34 Å². The monoisotopic (exact) mass is 470 g/mol. The first kappa shape index (κ1) is 22.0. The van der Waals surface area contributed by atoms with E-state index in [-0.39, 0.29) is 0 Å². The van der Waals surface area contributed by atoms with Crippen molar-refractivity contribution in [2.75, 3.05) is 7.11 Å². The molecule has 0 heterocycles. The third-order valence-electron chi connectivity index (χ3n) is 7.01. The van der Waals surface area contributed by atoms with Crippen molar-refractivity contribution in [3.8, 4) is 0 Å². The third-order valence-corrected chi connectivity index (χ3v) is 9.95. The van der Waals surface area contributed by atoms with E-state index in [1.165, 1.54) is 43.0 Å². The van der Waals surface area contributed by atoms with Crippen LogP contribution >= 0.6 is 7.92 Å². The summed E-state index contributed by atoms with van der Waals surface area (Å²) >= 11 is 0. The van der Waals surface area contributed by atoms with Gasteiger partial charge in [-0.2, -0.15) is 0 Å². The Labute approximate surface area is 207 Å². The second-order valence-electron chi connectivity index (χ2n) is 8.89. The van der Waals surface area contributed by atoms with E-state index in [1.807, 2.05) is 7.11 Å². The molecule has 5 aromatic carbocycles. The Morgan fingerprint density at radius 3 is 1.94 bits per heavy atom. The Morgan fingerprint density at radius 1 is 0.629 bits per heavy atom. The van der Waals surface area contributed by atoms with Crippen molar-refractivity contribution < 1.29 is 4.74 Å². The molecule has 1 nitrogen and oxygen atoms in total. The lowest BCUT2D eigenvalue weighted by Crippen LogP contribution is -2.46. The summed E-state index contributed by atoms with van der Waals surface area (Å²) in [6.07, 6.45) is 3.18. The van der Waals surface area contributed by atoms with Crippen LogP contribution in [0.25, 0.3) is 22.4 Å². The van der Waals surface area contributed by atoms with Gasteiger partial charge in [-0.15, -0.1) is 0 Å². The normalized spacial score (nSPS) is 17.3. The van der Waals surface area contributed by atoms with E-state index in [1.54, 1.807) is 0 Å². The molecule has 0 bridgehead atoms. The molecule has 0 amide bonds. The fourth-order valence-electron chi connectivity index (χ4n) is 5.46. The summed E-state index contributed by atoms with van der Waals surface area (Å²) in [5, 5.41) is 7.17. The van der Waals surface area contributed by atoms with E-state index >= 15 is 0 Å². The van der Waals surface area contributed by atoms with Gasteiger partial charge >= 0.3 is 0 Å². The van der Waals surface area contributed by atoms with E-state index in [2.05, 4.69) is 133 Å². The van der Waals surface area contributed by atoms with Gasteiger partial charge in [-0.25, -0.2) is 0 Å². The minimum Gasteiger partial charge on any atom is -0.368 e. The summed E-state index contributed by atoms with van der Waals surface area (Å²) in [5.74, 6) is 0. The number of rotatable bonds is 5. The summed E-state index contributed by atoms with van der Waals surface area (Å²) in [5.41, 5.74) is 2.54. The molecule has 1 aliphatic rings. The molecule has 0 aliphatic heterocycles. The number of hydrogen-bond donors (Lipinski definition) is 0. The van der Waals surface area contributed by atoms with Crippen LogP contribution in [-0.2, 0) is 4.74 Å². The average molecular weight is 471 g/mol. The highest BCUT2D eigenvalue weighted by Crippen LogP contribution is 2.57. The molecule has 35 heavy (non-hydrogen) atoms. The highest BCUT2D eigenvalue weighted by Gasteiger charge is 2.45. The first-order chi connectivity index (χ1) is 17.3. The number of hydrogen-bond acceptors (Lipinski definition) is 1.